The number of rotatable bonds is 0. The van der Waals surface area contributed by atoms with Crippen molar-refractivity contribution in [1.29, 1.82) is 0 Å². The Hall–Kier alpha value is 0.885. The number of nitrogens with zero attached hydrogens (tertiary/aromatic N) is 2. The van der Waals surface area contributed by atoms with Crippen molar-refractivity contribution in [3.05, 3.63) is 24.0 Å². The van der Waals surface area contributed by atoms with E-state index in [1.54, 1.807) is 6.07 Å². The van der Waals surface area contributed by atoms with Gasteiger partial charge in [-0.25, -0.2) is 6.07 Å². The largest absolute Gasteiger partial charge is 1.00 e. The first kappa shape index (κ1) is 13.5. The van der Waals surface area contributed by atoms with Crippen LogP contribution >= 0.6 is 0 Å². The molecule has 2 nitrogen and oxygen atoms in total. The van der Waals surface area contributed by atoms with Crippen molar-refractivity contribution >= 4 is 0 Å². The molecule has 0 aromatic carbocycles. The molecule has 1 rings (SSSR count). The van der Waals surface area contributed by atoms with E-state index in [1.807, 2.05) is 26.8 Å². The topological polar surface area (TPSA) is 25.8 Å². The third-order valence-electron chi connectivity index (χ3n) is 0.665. The van der Waals surface area contributed by atoms with E-state index in [1.165, 1.54) is 0 Å². The molecular weight excluding hydrogens is 198 g/mol. The summed E-state index contributed by atoms with van der Waals surface area (Å²) in [6, 6.07) is 3.59. The summed E-state index contributed by atoms with van der Waals surface area (Å²) in [4.78, 5) is 0. The molecule has 0 aliphatic rings. The second-order valence-corrected chi connectivity index (χ2v) is 1.30. The standard InChI is InChI=1S/C5H5N2.C2H6.Rb/c1-5-3-2-4-6-7-5;1-2;/h2-3H,1H3;1-2H3;/q-1;;+1. The molecule has 0 bridgehead atoms. The second kappa shape index (κ2) is 9.89. The van der Waals surface area contributed by atoms with Crippen LogP contribution < -0.4 is 58.2 Å². The molecule has 0 N–H and O–H groups in total. The van der Waals surface area contributed by atoms with Crippen LogP contribution in [0, 0.1) is 13.1 Å². The Morgan fingerprint density at radius 3 is 2.20 bits per heavy atom. The summed E-state index contributed by atoms with van der Waals surface area (Å²) in [5.74, 6) is 0. The van der Waals surface area contributed by atoms with Gasteiger partial charge in [-0.1, -0.05) is 13.8 Å². The van der Waals surface area contributed by atoms with Gasteiger partial charge in [0, 0.05) is 0 Å². The maximum absolute atomic E-state index is 3.67. The van der Waals surface area contributed by atoms with E-state index in [0.717, 1.165) is 5.69 Å². The van der Waals surface area contributed by atoms with E-state index < -0.39 is 0 Å². The Morgan fingerprint density at radius 1 is 1.40 bits per heavy atom. The van der Waals surface area contributed by atoms with Gasteiger partial charge in [0.25, 0.3) is 0 Å². The molecular formula is C7H11N2Rb. The minimum absolute atomic E-state index is 0. The fraction of sp³-hybridized carbons (Fsp3) is 0.429. The summed E-state index contributed by atoms with van der Waals surface area (Å²) < 4.78 is 0. The number of hydrogen-bond acceptors (Lipinski definition) is 2. The molecule has 1 aromatic heterocycles. The van der Waals surface area contributed by atoms with Crippen LogP contribution in [0.15, 0.2) is 12.1 Å². The van der Waals surface area contributed by atoms with Crippen molar-refractivity contribution in [1.82, 2.24) is 10.2 Å². The predicted octanol–water partition coefficient (Wildman–Crippen LogP) is -1.38. The zero-order valence-corrected chi connectivity index (χ0v) is 12.0. The molecule has 0 spiro atoms. The quantitative estimate of drug-likeness (QED) is 0.491. The third-order valence-corrected chi connectivity index (χ3v) is 0.665. The molecule has 50 valence electrons. The predicted molar refractivity (Wildman–Crippen MR) is 37.0 cm³/mol. The Labute approximate surface area is 111 Å². The molecule has 10 heavy (non-hydrogen) atoms. The first-order valence-electron chi connectivity index (χ1n) is 3.06. The molecule has 1 heterocycles. The maximum atomic E-state index is 3.67. The van der Waals surface area contributed by atoms with Gasteiger partial charge in [-0.3, -0.25) is 5.10 Å². The molecule has 0 fully saturated rings. The first-order valence-corrected chi connectivity index (χ1v) is 3.06. The monoisotopic (exact) mass is 208 g/mol. The second-order valence-electron chi connectivity index (χ2n) is 1.30. The summed E-state index contributed by atoms with van der Waals surface area (Å²) in [6.45, 7) is 5.89. The van der Waals surface area contributed by atoms with Gasteiger partial charge in [0.1, 0.15) is 0 Å². The maximum Gasteiger partial charge on any atom is 1.00 e. The summed E-state index contributed by atoms with van der Waals surface area (Å²) in [7, 11) is 0. The van der Waals surface area contributed by atoms with Gasteiger partial charge < -0.3 is 0 Å². The van der Waals surface area contributed by atoms with E-state index >= 15 is 0 Å². The minimum Gasteiger partial charge on any atom is -0.268 e. The molecule has 0 aliphatic carbocycles. The Morgan fingerprint density at radius 2 is 2.00 bits per heavy atom. The molecule has 0 aliphatic heterocycles. The van der Waals surface area contributed by atoms with Crippen molar-refractivity contribution in [3.63, 3.8) is 0 Å². The van der Waals surface area contributed by atoms with Gasteiger partial charge in [0.15, 0.2) is 0 Å². The van der Waals surface area contributed by atoms with E-state index in [4.69, 9.17) is 0 Å². The zero-order valence-electron chi connectivity index (χ0n) is 7.05. The Bertz CT molecular complexity index is 142. The van der Waals surface area contributed by atoms with Crippen LogP contribution in [0.4, 0.5) is 0 Å². The molecule has 0 atom stereocenters. The van der Waals surface area contributed by atoms with Gasteiger partial charge in [-0.2, -0.15) is 11.2 Å². The van der Waals surface area contributed by atoms with E-state index in [9.17, 15) is 0 Å². The molecule has 3 heteroatoms. The van der Waals surface area contributed by atoms with Crippen LogP contribution in [0.2, 0.25) is 0 Å². The van der Waals surface area contributed by atoms with Crippen LogP contribution in [-0.4, -0.2) is 10.2 Å². The normalized spacial score (nSPS) is 6.70. The van der Waals surface area contributed by atoms with Crippen molar-refractivity contribution in [2.24, 2.45) is 0 Å². The molecule has 0 saturated carbocycles. The van der Waals surface area contributed by atoms with Gasteiger partial charge in [0.05, 0.1) is 0 Å². The smallest absolute Gasteiger partial charge is 0.268 e. The molecule has 0 saturated heterocycles. The van der Waals surface area contributed by atoms with Gasteiger partial charge in [0.2, 0.25) is 0 Å². The number of aryl methyl sites for hydroxylation is 1. The fourth-order valence-electron chi connectivity index (χ4n) is 0.332. The fourth-order valence-corrected chi connectivity index (χ4v) is 0.332. The van der Waals surface area contributed by atoms with Crippen LogP contribution in [0.5, 0.6) is 0 Å². The average Bonchev–Trinajstić information content (AvgIpc) is 1.94. The van der Waals surface area contributed by atoms with E-state index in [0.29, 0.717) is 0 Å². The number of aromatic nitrogens is 2. The number of hydrogen-bond donors (Lipinski definition) is 0. The van der Waals surface area contributed by atoms with Crippen LogP contribution in [0.3, 0.4) is 0 Å². The van der Waals surface area contributed by atoms with Crippen molar-refractivity contribution in [2.45, 2.75) is 20.8 Å². The summed E-state index contributed by atoms with van der Waals surface area (Å²) in [6.07, 6.45) is 2.57. The summed E-state index contributed by atoms with van der Waals surface area (Å²) in [5, 5.41) is 7.18. The van der Waals surface area contributed by atoms with Gasteiger partial charge in [-0.15, -0.1) is 6.20 Å². The van der Waals surface area contributed by atoms with Gasteiger partial charge in [-0.05, 0) is 12.6 Å². The average molecular weight is 209 g/mol. The van der Waals surface area contributed by atoms with Crippen LogP contribution in [0.25, 0.3) is 0 Å². The van der Waals surface area contributed by atoms with Crippen LogP contribution in [0.1, 0.15) is 19.5 Å². The van der Waals surface area contributed by atoms with E-state index in [2.05, 4.69) is 16.4 Å². The molecule has 0 amide bonds. The molecule has 0 unspecified atom stereocenters. The van der Waals surface area contributed by atoms with E-state index in [-0.39, 0.29) is 58.2 Å². The minimum atomic E-state index is 0. The first-order chi connectivity index (χ1) is 4.39. The van der Waals surface area contributed by atoms with Crippen molar-refractivity contribution in [2.75, 3.05) is 0 Å². The zero-order chi connectivity index (χ0) is 7.11. The molecule has 1 aromatic rings. The summed E-state index contributed by atoms with van der Waals surface area (Å²) in [5.41, 5.74) is 0.929. The SMILES string of the molecule is CC.Cc1cc[c-]nn1.[Rb+]. The Kier molecular flexibility index (Phi) is 13.3. The Balaban J connectivity index is 0. The summed E-state index contributed by atoms with van der Waals surface area (Å²) >= 11 is 0. The van der Waals surface area contributed by atoms with Crippen LogP contribution in [-0.2, 0) is 0 Å². The third kappa shape index (κ3) is 7.00. The molecule has 0 radical (unpaired) electrons. The van der Waals surface area contributed by atoms with Crippen molar-refractivity contribution in [3.8, 4) is 0 Å². The van der Waals surface area contributed by atoms with Crippen molar-refractivity contribution < 1.29 is 58.2 Å². The van der Waals surface area contributed by atoms with Gasteiger partial charge >= 0.3 is 58.2 Å².